The van der Waals surface area contributed by atoms with Crippen molar-refractivity contribution in [2.24, 2.45) is 0 Å². The standard InChI is InChI=1S/C22H23FO3/c1-22(2,3)14-8-6-13(7-9-14)15-10-11-17(24)20-19(15)18(25-4)12-16(23)21(20)26-5/h6-12,24H,1-5H3. The summed E-state index contributed by atoms with van der Waals surface area (Å²) < 4.78 is 24.9. The third-order valence-corrected chi connectivity index (χ3v) is 4.62. The van der Waals surface area contributed by atoms with E-state index in [1.165, 1.54) is 25.8 Å². The Morgan fingerprint density at radius 1 is 0.885 bits per heavy atom. The molecule has 1 N–H and O–H groups in total. The number of ether oxygens (including phenoxy) is 2. The monoisotopic (exact) mass is 354 g/mol. The van der Waals surface area contributed by atoms with Gasteiger partial charge in [0.05, 0.1) is 19.6 Å². The Hall–Kier alpha value is -2.75. The zero-order valence-corrected chi connectivity index (χ0v) is 15.7. The number of phenolic OH excluding ortho intramolecular Hbond substituents is 1. The molecule has 4 heteroatoms. The predicted molar refractivity (Wildman–Crippen MR) is 103 cm³/mol. The molecule has 0 aliphatic carbocycles. The molecular weight excluding hydrogens is 331 g/mol. The van der Waals surface area contributed by atoms with E-state index in [1.54, 1.807) is 6.07 Å². The van der Waals surface area contributed by atoms with Crippen molar-refractivity contribution < 1.29 is 19.0 Å². The minimum absolute atomic E-state index is 0.00598. The Kier molecular flexibility index (Phi) is 4.53. The molecule has 0 atom stereocenters. The van der Waals surface area contributed by atoms with Crippen LogP contribution in [0.5, 0.6) is 17.2 Å². The molecule has 3 rings (SSSR count). The lowest BCUT2D eigenvalue weighted by molar-refractivity contribution is 0.382. The zero-order chi connectivity index (χ0) is 19.1. The van der Waals surface area contributed by atoms with Gasteiger partial charge >= 0.3 is 0 Å². The Bertz CT molecular complexity index is 954. The summed E-state index contributed by atoms with van der Waals surface area (Å²) in [6.45, 7) is 6.48. The molecule has 0 amide bonds. The van der Waals surface area contributed by atoms with Crippen LogP contribution in [0.15, 0.2) is 42.5 Å². The smallest absolute Gasteiger partial charge is 0.169 e. The normalized spacial score (nSPS) is 11.6. The van der Waals surface area contributed by atoms with Crippen molar-refractivity contribution in [2.45, 2.75) is 26.2 Å². The lowest BCUT2D eigenvalue weighted by atomic mass is 9.86. The second-order valence-electron chi connectivity index (χ2n) is 7.30. The van der Waals surface area contributed by atoms with Crippen LogP contribution in [0.1, 0.15) is 26.3 Å². The molecule has 3 aromatic rings. The lowest BCUT2D eigenvalue weighted by Crippen LogP contribution is -2.10. The first-order chi connectivity index (χ1) is 12.3. The van der Waals surface area contributed by atoms with Crippen LogP contribution in [0, 0.1) is 5.82 Å². The van der Waals surface area contributed by atoms with Gasteiger partial charge in [-0.15, -0.1) is 0 Å². The van der Waals surface area contributed by atoms with E-state index in [2.05, 4.69) is 32.9 Å². The third kappa shape index (κ3) is 2.96. The Balaban J connectivity index is 2.32. The Morgan fingerprint density at radius 3 is 2.08 bits per heavy atom. The van der Waals surface area contributed by atoms with E-state index in [1.807, 2.05) is 18.2 Å². The Labute approximate surface area is 153 Å². The van der Waals surface area contributed by atoms with Crippen LogP contribution in [0.2, 0.25) is 0 Å². The molecule has 0 fully saturated rings. The summed E-state index contributed by atoms with van der Waals surface area (Å²) in [6, 6.07) is 12.9. The second-order valence-corrected chi connectivity index (χ2v) is 7.30. The number of benzene rings is 3. The van der Waals surface area contributed by atoms with Gasteiger partial charge in [-0.2, -0.15) is 0 Å². The number of rotatable bonds is 3. The number of fused-ring (bicyclic) bond motifs is 1. The molecule has 0 spiro atoms. The lowest BCUT2D eigenvalue weighted by Gasteiger charge is -2.20. The molecule has 0 aliphatic rings. The highest BCUT2D eigenvalue weighted by Gasteiger charge is 2.21. The number of hydrogen-bond acceptors (Lipinski definition) is 3. The Morgan fingerprint density at radius 2 is 1.54 bits per heavy atom. The molecule has 0 aliphatic heterocycles. The van der Waals surface area contributed by atoms with Crippen LogP contribution in [0.25, 0.3) is 21.9 Å². The number of phenols is 1. The highest BCUT2D eigenvalue weighted by atomic mass is 19.1. The van der Waals surface area contributed by atoms with E-state index in [0.29, 0.717) is 16.5 Å². The molecule has 0 heterocycles. The van der Waals surface area contributed by atoms with Crippen LogP contribution >= 0.6 is 0 Å². The first kappa shape index (κ1) is 18.1. The predicted octanol–water partition coefficient (Wildman–Crippen LogP) is 5.67. The van der Waals surface area contributed by atoms with Crippen molar-refractivity contribution in [3.63, 3.8) is 0 Å². The van der Waals surface area contributed by atoms with E-state index in [9.17, 15) is 9.50 Å². The van der Waals surface area contributed by atoms with Crippen LogP contribution < -0.4 is 9.47 Å². The van der Waals surface area contributed by atoms with Crippen molar-refractivity contribution in [1.82, 2.24) is 0 Å². The first-order valence-electron chi connectivity index (χ1n) is 8.45. The van der Waals surface area contributed by atoms with Crippen molar-refractivity contribution in [3.05, 3.63) is 53.8 Å². The summed E-state index contributed by atoms with van der Waals surface area (Å²) in [5.74, 6) is -0.271. The maximum Gasteiger partial charge on any atom is 0.169 e. The fourth-order valence-corrected chi connectivity index (χ4v) is 3.20. The van der Waals surface area contributed by atoms with Crippen LogP contribution in [0.4, 0.5) is 4.39 Å². The van der Waals surface area contributed by atoms with E-state index in [0.717, 1.165) is 11.1 Å². The second kappa shape index (κ2) is 6.52. The zero-order valence-electron chi connectivity index (χ0n) is 15.7. The highest BCUT2D eigenvalue weighted by Crippen LogP contribution is 2.45. The first-order valence-corrected chi connectivity index (χ1v) is 8.45. The summed E-state index contributed by atoms with van der Waals surface area (Å²) in [7, 11) is 2.87. The van der Waals surface area contributed by atoms with E-state index in [4.69, 9.17) is 9.47 Å². The molecule has 136 valence electrons. The summed E-state index contributed by atoms with van der Waals surface area (Å²) in [4.78, 5) is 0. The fraction of sp³-hybridized carbons (Fsp3) is 0.273. The van der Waals surface area contributed by atoms with Crippen molar-refractivity contribution in [2.75, 3.05) is 14.2 Å². The maximum atomic E-state index is 14.3. The van der Waals surface area contributed by atoms with Gasteiger partial charge < -0.3 is 14.6 Å². The number of halogens is 1. The SMILES string of the molecule is COc1cc(F)c(OC)c2c(O)ccc(-c3ccc(C(C)(C)C)cc3)c12. The number of methoxy groups -OCH3 is 2. The minimum atomic E-state index is -0.576. The average molecular weight is 354 g/mol. The number of aromatic hydroxyl groups is 1. The molecule has 26 heavy (non-hydrogen) atoms. The van der Waals surface area contributed by atoms with Crippen molar-refractivity contribution in [1.29, 1.82) is 0 Å². The van der Waals surface area contributed by atoms with Gasteiger partial charge in [0, 0.05) is 11.5 Å². The van der Waals surface area contributed by atoms with E-state index < -0.39 is 5.82 Å². The molecule has 0 aromatic heterocycles. The van der Waals surface area contributed by atoms with Gasteiger partial charge in [0.15, 0.2) is 11.6 Å². The van der Waals surface area contributed by atoms with Gasteiger partial charge in [0.25, 0.3) is 0 Å². The fourth-order valence-electron chi connectivity index (χ4n) is 3.20. The highest BCUT2D eigenvalue weighted by molar-refractivity contribution is 6.07. The molecule has 0 radical (unpaired) electrons. The van der Waals surface area contributed by atoms with Gasteiger partial charge in [0.2, 0.25) is 0 Å². The molecule has 0 unspecified atom stereocenters. The molecule has 0 saturated carbocycles. The summed E-state index contributed by atoms with van der Waals surface area (Å²) in [5, 5.41) is 11.3. The minimum Gasteiger partial charge on any atom is -0.507 e. The molecular formula is C22H23FO3. The van der Waals surface area contributed by atoms with Gasteiger partial charge in [0.1, 0.15) is 11.5 Å². The maximum absolute atomic E-state index is 14.3. The molecule has 0 bridgehead atoms. The van der Waals surface area contributed by atoms with E-state index >= 15 is 0 Å². The largest absolute Gasteiger partial charge is 0.507 e. The summed E-state index contributed by atoms with van der Waals surface area (Å²) in [6.07, 6.45) is 0. The molecule has 3 nitrogen and oxygen atoms in total. The van der Waals surface area contributed by atoms with Gasteiger partial charge in [-0.1, -0.05) is 45.0 Å². The third-order valence-electron chi connectivity index (χ3n) is 4.62. The van der Waals surface area contributed by atoms with Crippen LogP contribution in [-0.2, 0) is 5.41 Å². The van der Waals surface area contributed by atoms with Crippen LogP contribution in [0.3, 0.4) is 0 Å². The van der Waals surface area contributed by atoms with Gasteiger partial charge in [-0.05, 0) is 34.2 Å². The topological polar surface area (TPSA) is 38.7 Å². The molecule has 0 saturated heterocycles. The van der Waals surface area contributed by atoms with Gasteiger partial charge in [-0.25, -0.2) is 4.39 Å². The van der Waals surface area contributed by atoms with Crippen molar-refractivity contribution >= 4 is 10.8 Å². The van der Waals surface area contributed by atoms with Crippen molar-refractivity contribution in [3.8, 4) is 28.4 Å². The van der Waals surface area contributed by atoms with E-state index in [-0.39, 0.29) is 16.9 Å². The van der Waals surface area contributed by atoms with Gasteiger partial charge in [-0.3, -0.25) is 0 Å². The molecule has 3 aromatic carbocycles. The van der Waals surface area contributed by atoms with Crippen LogP contribution in [-0.4, -0.2) is 19.3 Å². The summed E-state index contributed by atoms with van der Waals surface area (Å²) >= 11 is 0. The number of hydrogen-bond donors (Lipinski definition) is 1. The average Bonchev–Trinajstić information content (AvgIpc) is 2.61. The summed E-state index contributed by atoms with van der Waals surface area (Å²) in [5.41, 5.74) is 3.07. The quantitative estimate of drug-likeness (QED) is 0.659.